The average Bonchev–Trinajstić information content (AvgIpc) is 2.72. The molecule has 0 bridgehead atoms. The average molecular weight is 223 g/mol. The molecule has 1 unspecified atom stereocenters. The second-order valence-corrected chi connectivity index (χ2v) is 6.61. The van der Waals surface area contributed by atoms with E-state index in [-0.39, 0.29) is 0 Å². The largest absolute Gasteiger partial charge is 0.370 e. The SMILES string of the molecule is CC1(CNCC2CCC3(CCCC3)O2)CC1. The number of nitrogens with one attached hydrogen (secondary N) is 1. The van der Waals surface area contributed by atoms with Gasteiger partial charge in [-0.1, -0.05) is 19.8 Å². The molecule has 3 rings (SSSR count). The fourth-order valence-corrected chi connectivity index (χ4v) is 3.35. The lowest BCUT2D eigenvalue weighted by Gasteiger charge is -2.24. The Bertz CT molecular complexity index is 253. The molecular weight excluding hydrogens is 198 g/mol. The molecule has 1 N–H and O–H groups in total. The monoisotopic (exact) mass is 223 g/mol. The van der Waals surface area contributed by atoms with Crippen LogP contribution < -0.4 is 5.32 Å². The Morgan fingerprint density at radius 3 is 2.56 bits per heavy atom. The third-order valence-electron chi connectivity index (χ3n) is 4.88. The maximum atomic E-state index is 6.28. The first-order valence-corrected chi connectivity index (χ1v) is 7.08. The van der Waals surface area contributed by atoms with Crippen LogP contribution in [0.25, 0.3) is 0 Å². The summed E-state index contributed by atoms with van der Waals surface area (Å²) in [4.78, 5) is 0. The Hall–Kier alpha value is -0.0800. The Balaban J connectivity index is 1.40. The van der Waals surface area contributed by atoms with Crippen molar-refractivity contribution >= 4 is 0 Å². The van der Waals surface area contributed by atoms with Gasteiger partial charge in [0, 0.05) is 13.1 Å². The maximum absolute atomic E-state index is 6.28. The third-order valence-corrected chi connectivity index (χ3v) is 4.88. The van der Waals surface area contributed by atoms with Gasteiger partial charge < -0.3 is 10.1 Å². The summed E-state index contributed by atoms with van der Waals surface area (Å²) in [5.74, 6) is 0. The van der Waals surface area contributed by atoms with Gasteiger partial charge >= 0.3 is 0 Å². The minimum Gasteiger partial charge on any atom is -0.370 e. The smallest absolute Gasteiger partial charge is 0.0708 e. The lowest BCUT2D eigenvalue weighted by atomic mass is 9.98. The summed E-state index contributed by atoms with van der Waals surface area (Å²) in [6, 6.07) is 0. The Morgan fingerprint density at radius 2 is 1.88 bits per heavy atom. The zero-order valence-electron chi connectivity index (χ0n) is 10.6. The molecule has 2 aliphatic carbocycles. The molecule has 1 atom stereocenters. The van der Waals surface area contributed by atoms with Crippen molar-refractivity contribution in [3.05, 3.63) is 0 Å². The van der Waals surface area contributed by atoms with Gasteiger partial charge in [-0.25, -0.2) is 0 Å². The molecular formula is C14H25NO. The van der Waals surface area contributed by atoms with Gasteiger partial charge in [-0.3, -0.25) is 0 Å². The predicted octanol–water partition coefficient (Wildman–Crippen LogP) is 2.87. The van der Waals surface area contributed by atoms with E-state index in [0.717, 1.165) is 6.54 Å². The summed E-state index contributed by atoms with van der Waals surface area (Å²) in [6.07, 6.45) is 11.3. The number of hydrogen-bond acceptors (Lipinski definition) is 2. The Kier molecular flexibility index (Phi) is 2.75. The molecule has 1 spiro atoms. The molecule has 92 valence electrons. The van der Waals surface area contributed by atoms with Crippen LogP contribution in [-0.4, -0.2) is 24.8 Å². The van der Waals surface area contributed by atoms with Crippen molar-refractivity contribution in [2.45, 2.75) is 70.0 Å². The van der Waals surface area contributed by atoms with Gasteiger partial charge in [-0.2, -0.15) is 0 Å². The van der Waals surface area contributed by atoms with Crippen LogP contribution in [0, 0.1) is 5.41 Å². The summed E-state index contributed by atoms with van der Waals surface area (Å²) in [6.45, 7) is 4.66. The molecule has 2 nitrogen and oxygen atoms in total. The molecule has 0 aromatic heterocycles. The lowest BCUT2D eigenvalue weighted by molar-refractivity contribution is -0.0352. The topological polar surface area (TPSA) is 21.3 Å². The van der Waals surface area contributed by atoms with Crippen LogP contribution in [0.1, 0.15) is 58.3 Å². The highest BCUT2D eigenvalue weighted by molar-refractivity contribution is 4.94. The van der Waals surface area contributed by atoms with E-state index in [1.165, 1.54) is 57.9 Å². The Morgan fingerprint density at radius 1 is 1.12 bits per heavy atom. The van der Waals surface area contributed by atoms with E-state index in [2.05, 4.69) is 12.2 Å². The number of ether oxygens (including phenoxy) is 1. The second kappa shape index (κ2) is 3.99. The molecule has 1 saturated heterocycles. The molecule has 3 aliphatic rings. The highest BCUT2D eigenvalue weighted by Crippen LogP contribution is 2.45. The van der Waals surface area contributed by atoms with Crippen molar-refractivity contribution in [2.75, 3.05) is 13.1 Å². The molecule has 3 fully saturated rings. The van der Waals surface area contributed by atoms with Crippen molar-refractivity contribution in [3.8, 4) is 0 Å². The highest BCUT2D eigenvalue weighted by atomic mass is 16.5. The van der Waals surface area contributed by atoms with Crippen LogP contribution in [0.2, 0.25) is 0 Å². The van der Waals surface area contributed by atoms with Crippen LogP contribution in [0.15, 0.2) is 0 Å². The fourth-order valence-electron chi connectivity index (χ4n) is 3.35. The molecule has 0 aromatic rings. The van der Waals surface area contributed by atoms with E-state index in [1.807, 2.05) is 0 Å². The van der Waals surface area contributed by atoms with Crippen molar-refractivity contribution < 1.29 is 4.74 Å². The van der Waals surface area contributed by atoms with E-state index in [1.54, 1.807) is 0 Å². The maximum Gasteiger partial charge on any atom is 0.0708 e. The fraction of sp³-hybridized carbons (Fsp3) is 1.00. The van der Waals surface area contributed by atoms with Crippen LogP contribution in [0.3, 0.4) is 0 Å². The minimum absolute atomic E-state index is 0.315. The van der Waals surface area contributed by atoms with Gasteiger partial charge in [0.05, 0.1) is 11.7 Å². The first-order chi connectivity index (χ1) is 7.70. The van der Waals surface area contributed by atoms with Gasteiger partial charge in [0.1, 0.15) is 0 Å². The van der Waals surface area contributed by atoms with Crippen molar-refractivity contribution in [3.63, 3.8) is 0 Å². The quantitative estimate of drug-likeness (QED) is 0.791. The second-order valence-electron chi connectivity index (χ2n) is 6.61. The zero-order chi connectivity index (χ0) is 11.1. The molecule has 0 amide bonds. The lowest BCUT2D eigenvalue weighted by Crippen LogP contribution is -2.33. The summed E-state index contributed by atoms with van der Waals surface area (Å²) in [5, 5.41) is 3.61. The first kappa shape index (κ1) is 11.0. The number of rotatable bonds is 4. The van der Waals surface area contributed by atoms with Gasteiger partial charge in [0.25, 0.3) is 0 Å². The number of hydrogen-bond donors (Lipinski definition) is 1. The van der Waals surface area contributed by atoms with E-state index in [4.69, 9.17) is 4.74 Å². The van der Waals surface area contributed by atoms with E-state index >= 15 is 0 Å². The summed E-state index contributed by atoms with van der Waals surface area (Å²) >= 11 is 0. The van der Waals surface area contributed by atoms with Crippen LogP contribution >= 0.6 is 0 Å². The van der Waals surface area contributed by atoms with Gasteiger partial charge in [0.2, 0.25) is 0 Å². The Labute approximate surface area is 99.1 Å². The van der Waals surface area contributed by atoms with Gasteiger partial charge in [-0.05, 0) is 43.9 Å². The van der Waals surface area contributed by atoms with Gasteiger partial charge in [0.15, 0.2) is 0 Å². The van der Waals surface area contributed by atoms with Crippen LogP contribution in [-0.2, 0) is 4.74 Å². The molecule has 0 radical (unpaired) electrons. The van der Waals surface area contributed by atoms with Crippen LogP contribution in [0.5, 0.6) is 0 Å². The van der Waals surface area contributed by atoms with Crippen LogP contribution in [0.4, 0.5) is 0 Å². The van der Waals surface area contributed by atoms with E-state index < -0.39 is 0 Å². The summed E-state index contributed by atoms with van der Waals surface area (Å²) < 4.78 is 6.28. The summed E-state index contributed by atoms with van der Waals surface area (Å²) in [7, 11) is 0. The highest BCUT2D eigenvalue weighted by Gasteiger charge is 2.42. The normalized spacial score (nSPS) is 34.7. The third kappa shape index (κ3) is 2.28. The molecule has 1 heterocycles. The zero-order valence-corrected chi connectivity index (χ0v) is 10.6. The first-order valence-electron chi connectivity index (χ1n) is 7.08. The standard InChI is InChI=1S/C14H25NO/c1-13(8-9-13)11-15-10-12-4-7-14(16-12)5-2-3-6-14/h12,15H,2-11H2,1H3. The van der Waals surface area contributed by atoms with E-state index in [9.17, 15) is 0 Å². The molecule has 2 saturated carbocycles. The predicted molar refractivity (Wildman–Crippen MR) is 65.5 cm³/mol. The van der Waals surface area contributed by atoms with Crippen molar-refractivity contribution in [1.82, 2.24) is 5.32 Å². The summed E-state index contributed by atoms with van der Waals surface area (Å²) in [5.41, 5.74) is 0.944. The van der Waals surface area contributed by atoms with Gasteiger partial charge in [-0.15, -0.1) is 0 Å². The van der Waals surface area contributed by atoms with Crippen molar-refractivity contribution in [2.24, 2.45) is 5.41 Å². The minimum atomic E-state index is 0.315. The van der Waals surface area contributed by atoms with E-state index in [0.29, 0.717) is 17.1 Å². The molecule has 0 aromatic carbocycles. The molecule has 2 heteroatoms. The molecule has 1 aliphatic heterocycles. The molecule has 16 heavy (non-hydrogen) atoms. The van der Waals surface area contributed by atoms with Crippen molar-refractivity contribution in [1.29, 1.82) is 0 Å².